The number of hydrogen-bond donors (Lipinski definition) is 2. The fourth-order valence-electron chi connectivity index (χ4n) is 1.76. The third kappa shape index (κ3) is 3.92. The van der Waals surface area contributed by atoms with Gasteiger partial charge in [0.05, 0.1) is 0 Å². The molecule has 0 amide bonds. The fraction of sp³-hybridized carbons (Fsp3) is 0.667. The van der Waals surface area contributed by atoms with E-state index in [0.29, 0.717) is 12.0 Å². The molecule has 1 unspecified atom stereocenters. The van der Waals surface area contributed by atoms with Crippen molar-refractivity contribution in [2.45, 2.75) is 44.6 Å². The van der Waals surface area contributed by atoms with Gasteiger partial charge in [-0.1, -0.05) is 0 Å². The fourth-order valence-corrected chi connectivity index (χ4v) is 2.15. The van der Waals surface area contributed by atoms with Crippen molar-refractivity contribution < 1.29 is 5.11 Å². The summed E-state index contributed by atoms with van der Waals surface area (Å²) in [5, 5.41) is 12.1. The van der Waals surface area contributed by atoms with Crippen LogP contribution in [0.15, 0.2) is 10.7 Å². The van der Waals surface area contributed by atoms with E-state index in [1.165, 1.54) is 12.8 Å². The van der Waals surface area contributed by atoms with E-state index in [4.69, 9.17) is 5.11 Å². The lowest BCUT2D eigenvalue weighted by Crippen LogP contribution is -2.17. The van der Waals surface area contributed by atoms with Crippen LogP contribution in [0.4, 0.5) is 5.82 Å². The van der Waals surface area contributed by atoms with Crippen LogP contribution in [0.25, 0.3) is 0 Å². The van der Waals surface area contributed by atoms with Crippen LogP contribution >= 0.6 is 15.9 Å². The minimum absolute atomic E-state index is 0.243. The Morgan fingerprint density at radius 2 is 2.29 bits per heavy atom. The third-order valence-electron chi connectivity index (χ3n) is 2.84. The summed E-state index contributed by atoms with van der Waals surface area (Å²) < 4.78 is 0.839. The normalized spacial score (nSPS) is 16.9. The molecular weight excluding hydrogens is 282 g/mol. The van der Waals surface area contributed by atoms with E-state index in [1.807, 2.05) is 6.07 Å². The van der Waals surface area contributed by atoms with Crippen molar-refractivity contribution >= 4 is 21.7 Å². The van der Waals surface area contributed by atoms with Crippen molar-refractivity contribution in [2.75, 3.05) is 11.9 Å². The summed E-state index contributed by atoms with van der Waals surface area (Å²) in [5.41, 5.74) is 0. The molecule has 0 spiro atoms. The molecule has 2 rings (SSSR count). The predicted molar refractivity (Wildman–Crippen MR) is 71.1 cm³/mol. The van der Waals surface area contributed by atoms with Crippen LogP contribution in [-0.2, 0) is 0 Å². The number of aliphatic hydroxyl groups excluding tert-OH is 1. The Bertz CT molecular complexity index is 382. The van der Waals surface area contributed by atoms with Gasteiger partial charge in [0.15, 0.2) is 0 Å². The van der Waals surface area contributed by atoms with E-state index in [0.717, 1.165) is 29.1 Å². The molecule has 1 aliphatic carbocycles. The number of aliphatic hydroxyl groups is 1. The summed E-state index contributed by atoms with van der Waals surface area (Å²) in [6, 6.07) is 2.22. The van der Waals surface area contributed by atoms with Gasteiger partial charge in [-0.2, -0.15) is 0 Å². The van der Waals surface area contributed by atoms with Crippen LogP contribution < -0.4 is 5.32 Å². The van der Waals surface area contributed by atoms with Gasteiger partial charge in [-0.15, -0.1) is 0 Å². The molecule has 1 atom stereocenters. The highest BCUT2D eigenvalue weighted by molar-refractivity contribution is 9.10. The smallest absolute Gasteiger partial charge is 0.135 e. The number of nitrogens with one attached hydrogen (secondary N) is 1. The van der Waals surface area contributed by atoms with Crippen LogP contribution in [0.3, 0.4) is 0 Å². The van der Waals surface area contributed by atoms with E-state index in [-0.39, 0.29) is 6.61 Å². The zero-order valence-electron chi connectivity index (χ0n) is 9.99. The molecule has 1 aliphatic rings. The van der Waals surface area contributed by atoms with Gasteiger partial charge in [-0.25, -0.2) is 9.97 Å². The first-order valence-corrected chi connectivity index (χ1v) is 6.90. The average Bonchev–Trinajstić information content (AvgIpc) is 3.09. The van der Waals surface area contributed by atoms with E-state index < -0.39 is 0 Å². The van der Waals surface area contributed by atoms with E-state index >= 15 is 0 Å². The molecule has 94 valence electrons. The van der Waals surface area contributed by atoms with Crippen LogP contribution in [0.5, 0.6) is 0 Å². The van der Waals surface area contributed by atoms with Crippen LogP contribution in [0.2, 0.25) is 0 Å². The first kappa shape index (κ1) is 12.8. The van der Waals surface area contributed by atoms with Crippen LogP contribution in [0.1, 0.15) is 44.3 Å². The average molecular weight is 300 g/mol. The number of anilines is 1. The van der Waals surface area contributed by atoms with Gasteiger partial charge in [0.1, 0.15) is 16.2 Å². The number of aromatic nitrogens is 2. The number of hydrogen-bond acceptors (Lipinski definition) is 4. The maximum absolute atomic E-state index is 8.79. The van der Waals surface area contributed by atoms with Crippen molar-refractivity contribution in [2.24, 2.45) is 0 Å². The molecule has 0 aliphatic heterocycles. The zero-order chi connectivity index (χ0) is 12.3. The van der Waals surface area contributed by atoms with Gasteiger partial charge in [-0.05, 0) is 48.5 Å². The van der Waals surface area contributed by atoms with E-state index in [9.17, 15) is 0 Å². The third-order valence-corrected chi connectivity index (χ3v) is 3.25. The van der Waals surface area contributed by atoms with Gasteiger partial charge >= 0.3 is 0 Å². The Labute approximate surface area is 110 Å². The van der Waals surface area contributed by atoms with Crippen LogP contribution in [-0.4, -0.2) is 27.7 Å². The number of halogens is 1. The molecule has 1 saturated carbocycles. The molecule has 17 heavy (non-hydrogen) atoms. The second kappa shape index (κ2) is 5.78. The summed E-state index contributed by atoms with van der Waals surface area (Å²) in [4.78, 5) is 8.92. The summed E-state index contributed by atoms with van der Waals surface area (Å²) >= 11 is 3.42. The molecule has 0 saturated heterocycles. The predicted octanol–water partition coefficient (Wildman–Crippen LogP) is 2.69. The maximum atomic E-state index is 8.79. The summed E-state index contributed by atoms with van der Waals surface area (Å²) in [6.07, 6.45) is 4.17. The quantitative estimate of drug-likeness (QED) is 0.793. The lowest BCUT2D eigenvalue weighted by molar-refractivity contribution is 0.282. The molecule has 5 heteroatoms. The molecule has 0 aromatic carbocycles. The largest absolute Gasteiger partial charge is 0.396 e. The van der Waals surface area contributed by atoms with Crippen LogP contribution in [0, 0.1) is 0 Å². The second-order valence-electron chi connectivity index (χ2n) is 4.62. The SMILES string of the molecule is CC(CCCO)Nc1cc(Br)nc(C2CC2)n1. The van der Waals surface area contributed by atoms with Crippen molar-refractivity contribution in [3.8, 4) is 0 Å². The highest BCUT2D eigenvalue weighted by atomic mass is 79.9. The lowest BCUT2D eigenvalue weighted by Gasteiger charge is -2.14. The molecular formula is C12H18BrN3O. The Morgan fingerprint density at radius 3 is 2.94 bits per heavy atom. The molecule has 1 aromatic heterocycles. The minimum Gasteiger partial charge on any atom is -0.396 e. The Hall–Kier alpha value is -0.680. The Morgan fingerprint density at radius 1 is 1.53 bits per heavy atom. The van der Waals surface area contributed by atoms with E-state index in [1.54, 1.807) is 0 Å². The standard InChI is InChI=1S/C12H18BrN3O/c1-8(3-2-6-17)14-11-7-10(13)15-12(16-11)9-4-5-9/h7-9,17H,2-6H2,1H3,(H,14,15,16). The maximum Gasteiger partial charge on any atom is 0.135 e. The monoisotopic (exact) mass is 299 g/mol. The second-order valence-corrected chi connectivity index (χ2v) is 5.43. The lowest BCUT2D eigenvalue weighted by atomic mass is 10.2. The van der Waals surface area contributed by atoms with Gasteiger partial charge in [0.2, 0.25) is 0 Å². The van der Waals surface area contributed by atoms with Gasteiger partial charge in [0.25, 0.3) is 0 Å². The molecule has 0 radical (unpaired) electrons. The first-order valence-electron chi connectivity index (χ1n) is 6.11. The molecule has 0 bridgehead atoms. The highest BCUT2D eigenvalue weighted by Crippen LogP contribution is 2.38. The minimum atomic E-state index is 0.243. The number of rotatable bonds is 6. The highest BCUT2D eigenvalue weighted by Gasteiger charge is 2.27. The molecule has 1 fully saturated rings. The topological polar surface area (TPSA) is 58.0 Å². The summed E-state index contributed by atoms with van der Waals surface area (Å²) in [7, 11) is 0. The molecule has 4 nitrogen and oxygen atoms in total. The Kier molecular flexibility index (Phi) is 4.34. The van der Waals surface area contributed by atoms with Gasteiger partial charge < -0.3 is 10.4 Å². The Balaban J connectivity index is 1.99. The van der Waals surface area contributed by atoms with Crippen molar-refractivity contribution in [1.82, 2.24) is 9.97 Å². The molecule has 2 N–H and O–H groups in total. The number of nitrogens with zero attached hydrogens (tertiary/aromatic N) is 2. The van der Waals surface area contributed by atoms with Gasteiger partial charge in [-0.3, -0.25) is 0 Å². The molecule has 1 aromatic rings. The zero-order valence-corrected chi connectivity index (χ0v) is 11.6. The van der Waals surface area contributed by atoms with Crippen molar-refractivity contribution in [3.05, 3.63) is 16.5 Å². The van der Waals surface area contributed by atoms with Gasteiger partial charge in [0, 0.05) is 24.6 Å². The first-order chi connectivity index (χ1) is 8.19. The van der Waals surface area contributed by atoms with Crippen molar-refractivity contribution in [3.63, 3.8) is 0 Å². The van der Waals surface area contributed by atoms with E-state index in [2.05, 4.69) is 38.1 Å². The summed E-state index contributed by atoms with van der Waals surface area (Å²) in [6.45, 7) is 2.34. The van der Waals surface area contributed by atoms with Crippen molar-refractivity contribution in [1.29, 1.82) is 0 Å². The summed E-state index contributed by atoms with van der Waals surface area (Å²) in [5.74, 6) is 2.37. The molecule has 1 heterocycles.